The van der Waals surface area contributed by atoms with Crippen molar-refractivity contribution in [1.82, 2.24) is 15.1 Å². The van der Waals surface area contributed by atoms with Gasteiger partial charge in [-0.05, 0) is 29.7 Å². The Morgan fingerprint density at radius 2 is 1.88 bits per heavy atom. The normalized spacial score (nSPS) is 12.0. The molecule has 0 fully saturated rings. The molecule has 0 aliphatic heterocycles. The van der Waals surface area contributed by atoms with Crippen molar-refractivity contribution in [3.8, 4) is 11.5 Å². The summed E-state index contributed by atoms with van der Waals surface area (Å²) in [7, 11) is 1.82. The van der Waals surface area contributed by atoms with E-state index in [0.29, 0.717) is 23.9 Å². The van der Waals surface area contributed by atoms with Crippen LogP contribution in [0, 0.1) is 6.92 Å². The Bertz CT molecular complexity index is 858. The van der Waals surface area contributed by atoms with Gasteiger partial charge in [0, 0.05) is 31.6 Å². The number of nitrogens with zero attached hydrogens (tertiary/aromatic N) is 3. The van der Waals surface area contributed by atoms with Crippen molar-refractivity contribution in [3.63, 3.8) is 0 Å². The van der Waals surface area contributed by atoms with Gasteiger partial charge in [-0.25, -0.2) is 0 Å². The van der Waals surface area contributed by atoms with Gasteiger partial charge in [0.25, 0.3) is 5.91 Å². The lowest BCUT2D eigenvalue weighted by Gasteiger charge is -2.22. The van der Waals surface area contributed by atoms with Crippen LogP contribution in [0.3, 0.4) is 0 Å². The lowest BCUT2D eigenvalue weighted by molar-refractivity contribution is 0.0788. The van der Waals surface area contributed by atoms with E-state index >= 15 is 0 Å². The van der Waals surface area contributed by atoms with E-state index < -0.39 is 0 Å². The number of hydrogen-bond donors (Lipinski definition) is 0. The Labute approximate surface area is 147 Å². The molecule has 0 aliphatic rings. The van der Waals surface area contributed by atoms with E-state index in [2.05, 4.69) is 29.3 Å². The topological polar surface area (TPSA) is 59.2 Å². The maximum absolute atomic E-state index is 12.8. The summed E-state index contributed by atoms with van der Waals surface area (Å²) in [5.74, 6) is 1.16. The summed E-state index contributed by atoms with van der Waals surface area (Å²) in [5, 5.41) is 7.84. The third-order valence-electron chi connectivity index (χ3n) is 4.15. The summed E-state index contributed by atoms with van der Waals surface area (Å²) < 4.78 is 5.44. The van der Waals surface area contributed by atoms with Crippen LogP contribution in [0.5, 0.6) is 0 Å². The van der Waals surface area contributed by atoms with E-state index in [1.165, 1.54) is 5.56 Å². The molecule has 2 aromatic carbocycles. The molecule has 0 unspecified atom stereocenters. The molecule has 1 atom stereocenters. The second-order valence-corrected chi connectivity index (χ2v) is 6.20. The molecule has 5 heteroatoms. The molecule has 1 aromatic heterocycles. The van der Waals surface area contributed by atoms with Gasteiger partial charge in [0.1, 0.15) is 0 Å². The minimum absolute atomic E-state index is 0.0270. The van der Waals surface area contributed by atoms with E-state index in [-0.39, 0.29) is 11.8 Å². The smallest absolute Gasteiger partial charge is 0.253 e. The maximum Gasteiger partial charge on any atom is 0.253 e. The molecule has 3 aromatic rings. The number of carbonyl (C=O) groups is 1. The van der Waals surface area contributed by atoms with Crippen molar-refractivity contribution in [2.75, 3.05) is 13.6 Å². The molecule has 1 amide bonds. The quantitative estimate of drug-likeness (QED) is 0.709. The molecule has 0 saturated carbocycles. The molecule has 0 aliphatic carbocycles. The van der Waals surface area contributed by atoms with Gasteiger partial charge in [0.2, 0.25) is 11.8 Å². The number of hydrogen-bond acceptors (Lipinski definition) is 4. The second-order valence-electron chi connectivity index (χ2n) is 6.20. The predicted molar refractivity (Wildman–Crippen MR) is 96.3 cm³/mol. The third kappa shape index (κ3) is 3.94. The number of benzene rings is 2. The standard InChI is InChI=1S/C20H21N3O2/c1-14(16-8-5-4-6-9-16)13-23(3)20(24)18-11-7-10-17(12-18)19-22-21-15(2)25-19/h4-12,14H,13H2,1-3H3/t14-/m1/s1. The summed E-state index contributed by atoms with van der Waals surface area (Å²) in [6.07, 6.45) is 0. The van der Waals surface area contributed by atoms with Gasteiger partial charge in [-0.1, -0.05) is 43.3 Å². The first-order chi connectivity index (χ1) is 12.0. The first-order valence-electron chi connectivity index (χ1n) is 8.25. The Morgan fingerprint density at radius 1 is 1.12 bits per heavy atom. The molecule has 128 valence electrons. The fourth-order valence-corrected chi connectivity index (χ4v) is 2.80. The zero-order chi connectivity index (χ0) is 17.8. The molecular formula is C20H21N3O2. The number of likely N-dealkylation sites (N-methyl/N-ethyl adjacent to an activating group) is 1. The summed E-state index contributed by atoms with van der Waals surface area (Å²) in [5.41, 5.74) is 2.57. The van der Waals surface area contributed by atoms with Gasteiger partial charge in [0.15, 0.2) is 0 Å². The van der Waals surface area contributed by atoms with Crippen LogP contribution >= 0.6 is 0 Å². The number of carbonyl (C=O) groups excluding carboxylic acids is 1. The molecule has 0 radical (unpaired) electrons. The SMILES string of the molecule is Cc1nnc(-c2cccc(C(=O)N(C)C[C@@H](C)c3ccccc3)c2)o1. The summed E-state index contributed by atoms with van der Waals surface area (Å²) in [6, 6.07) is 17.5. The zero-order valence-corrected chi connectivity index (χ0v) is 14.6. The van der Waals surface area contributed by atoms with Gasteiger partial charge in [-0.3, -0.25) is 4.79 Å². The second kappa shape index (κ2) is 7.30. The largest absolute Gasteiger partial charge is 0.421 e. The Hall–Kier alpha value is -2.95. The highest BCUT2D eigenvalue weighted by Crippen LogP contribution is 2.21. The van der Waals surface area contributed by atoms with E-state index in [9.17, 15) is 4.79 Å². The molecule has 0 N–H and O–H groups in total. The molecule has 3 rings (SSSR count). The van der Waals surface area contributed by atoms with Gasteiger partial charge < -0.3 is 9.32 Å². The van der Waals surface area contributed by atoms with Gasteiger partial charge in [0.05, 0.1) is 0 Å². The lowest BCUT2D eigenvalue weighted by atomic mass is 10.0. The molecule has 25 heavy (non-hydrogen) atoms. The molecule has 0 spiro atoms. The molecule has 0 bridgehead atoms. The monoisotopic (exact) mass is 335 g/mol. The van der Waals surface area contributed by atoms with Crippen molar-refractivity contribution in [1.29, 1.82) is 0 Å². The highest BCUT2D eigenvalue weighted by Gasteiger charge is 2.17. The molecular weight excluding hydrogens is 314 g/mol. The highest BCUT2D eigenvalue weighted by atomic mass is 16.4. The molecule has 1 heterocycles. The molecule has 0 saturated heterocycles. The van der Waals surface area contributed by atoms with Crippen molar-refractivity contribution in [2.45, 2.75) is 19.8 Å². The van der Waals surface area contributed by atoms with Crippen molar-refractivity contribution in [2.24, 2.45) is 0 Å². The van der Waals surface area contributed by atoms with Crippen molar-refractivity contribution >= 4 is 5.91 Å². The van der Waals surface area contributed by atoms with Crippen molar-refractivity contribution < 1.29 is 9.21 Å². The third-order valence-corrected chi connectivity index (χ3v) is 4.15. The zero-order valence-electron chi connectivity index (χ0n) is 14.6. The predicted octanol–water partition coefficient (Wildman–Crippen LogP) is 3.92. The number of amides is 1. The number of aryl methyl sites for hydroxylation is 1. The van der Waals surface area contributed by atoms with E-state index in [1.54, 1.807) is 24.0 Å². The highest BCUT2D eigenvalue weighted by molar-refractivity contribution is 5.95. The number of aromatic nitrogens is 2. The minimum atomic E-state index is -0.0270. The average Bonchev–Trinajstić information content (AvgIpc) is 3.08. The van der Waals surface area contributed by atoms with Crippen LogP contribution in [0.2, 0.25) is 0 Å². The van der Waals surface area contributed by atoms with Crippen LogP contribution in [0.15, 0.2) is 59.0 Å². The fourth-order valence-electron chi connectivity index (χ4n) is 2.80. The van der Waals surface area contributed by atoms with Gasteiger partial charge in [-0.15, -0.1) is 10.2 Å². The molecule has 5 nitrogen and oxygen atoms in total. The average molecular weight is 335 g/mol. The van der Waals surface area contributed by atoms with Crippen LogP contribution in [-0.2, 0) is 0 Å². The first-order valence-corrected chi connectivity index (χ1v) is 8.25. The van der Waals surface area contributed by atoms with Crippen molar-refractivity contribution in [3.05, 3.63) is 71.6 Å². The van der Waals surface area contributed by atoms with Crippen LogP contribution < -0.4 is 0 Å². The van der Waals surface area contributed by atoms with Gasteiger partial charge in [-0.2, -0.15) is 0 Å². The Morgan fingerprint density at radius 3 is 2.56 bits per heavy atom. The van der Waals surface area contributed by atoms with E-state index in [0.717, 1.165) is 5.56 Å². The fraction of sp³-hybridized carbons (Fsp3) is 0.250. The van der Waals surface area contributed by atoms with Crippen LogP contribution in [0.4, 0.5) is 0 Å². The van der Waals surface area contributed by atoms with Crippen LogP contribution in [-0.4, -0.2) is 34.6 Å². The van der Waals surface area contributed by atoms with Crippen LogP contribution in [0.25, 0.3) is 11.5 Å². The summed E-state index contributed by atoms with van der Waals surface area (Å²) in [6.45, 7) is 4.51. The minimum Gasteiger partial charge on any atom is -0.421 e. The van der Waals surface area contributed by atoms with E-state index in [4.69, 9.17) is 4.42 Å². The van der Waals surface area contributed by atoms with E-state index in [1.807, 2.05) is 37.4 Å². The summed E-state index contributed by atoms with van der Waals surface area (Å²) in [4.78, 5) is 14.5. The lowest BCUT2D eigenvalue weighted by Crippen LogP contribution is -2.30. The van der Waals surface area contributed by atoms with Crippen LogP contribution in [0.1, 0.15) is 34.7 Å². The maximum atomic E-state index is 12.8. The number of rotatable bonds is 5. The Balaban J connectivity index is 1.74. The van der Waals surface area contributed by atoms with Gasteiger partial charge >= 0.3 is 0 Å². The summed E-state index contributed by atoms with van der Waals surface area (Å²) >= 11 is 0. The first kappa shape index (κ1) is 16.9. The Kier molecular flexibility index (Phi) is 4.93.